The van der Waals surface area contributed by atoms with Gasteiger partial charge in [-0.05, 0) is 59.3 Å². The molecule has 1 unspecified atom stereocenters. The number of aryl methyl sites for hydroxylation is 2. The minimum absolute atomic E-state index is 0.0245. The Bertz CT molecular complexity index is 765. The van der Waals surface area contributed by atoms with Crippen LogP contribution in [0.4, 0.5) is 5.69 Å². The van der Waals surface area contributed by atoms with Crippen LogP contribution >= 0.6 is 0 Å². The molecule has 0 saturated carbocycles. The zero-order chi connectivity index (χ0) is 18.7. The number of hydrogen-bond acceptors (Lipinski definition) is 4. The van der Waals surface area contributed by atoms with Gasteiger partial charge >= 0.3 is 0 Å². The van der Waals surface area contributed by atoms with Crippen LogP contribution in [0.1, 0.15) is 29.8 Å². The van der Waals surface area contributed by atoms with E-state index in [9.17, 15) is 4.79 Å². The second-order valence-corrected chi connectivity index (χ2v) is 7.20. The minimum atomic E-state index is 0.0245. The van der Waals surface area contributed by atoms with Crippen LogP contribution in [-0.4, -0.2) is 53.3 Å². The molecular weight excluding hydrogens is 326 g/mol. The third kappa shape index (κ3) is 4.14. The lowest BCUT2D eigenvalue weighted by atomic mass is 10.1. The number of nitrogens with one attached hydrogen (secondary N) is 2. The van der Waals surface area contributed by atoms with E-state index < -0.39 is 0 Å². The first kappa shape index (κ1) is 18.6. The molecule has 6 heteroatoms. The van der Waals surface area contributed by atoms with Crippen molar-refractivity contribution < 1.29 is 4.79 Å². The summed E-state index contributed by atoms with van der Waals surface area (Å²) >= 11 is 0. The van der Waals surface area contributed by atoms with E-state index in [2.05, 4.69) is 39.7 Å². The van der Waals surface area contributed by atoms with Gasteiger partial charge in [-0.1, -0.05) is 17.7 Å². The number of rotatable bonds is 5. The average Bonchev–Trinajstić information content (AvgIpc) is 2.90. The standard InChI is InChI=1S/C20H29N5O/c1-14-7-9-18(10-8-14)25-16(3)20(15(2)23-25)22-19(26)13-24-11-5-6-17(12-24)21-4/h7-10,17,21H,5-6,11-13H2,1-4H3,(H,22,26). The Balaban J connectivity index is 1.69. The number of amides is 1. The van der Waals surface area contributed by atoms with Crippen LogP contribution in [0.2, 0.25) is 0 Å². The van der Waals surface area contributed by atoms with Gasteiger partial charge in [-0.3, -0.25) is 9.69 Å². The number of aromatic nitrogens is 2. The van der Waals surface area contributed by atoms with Gasteiger partial charge in [0, 0.05) is 12.6 Å². The SMILES string of the molecule is CNC1CCCN(CC(=O)Nc2c(C)nn(-c3ccc(C)cc3)c2C)C1. The van der Waals surface area contributed by atoms with E-state index in [-0.39, 0.29) is 5.91 Å². The normalized spacial score (nSPS) is 18.1. The van der Waals surface area contributed by atoms with Crippen LogP contribution in [0.5, 0.6) is 0 Å². The van der Waals surface area contributed by atoms with E-state index in [1.54, 1.807) is 0 Å². The molecule has 1 aromatic heterocycles. The quantitative estimate of drug-likeness (QED) is 0.865. The lowest BCUT2D eigenvalue weighted by molar-refractivity contribution is -0.117. The van der Waals surface area contributed by atoms with Crippen molar-refractivity contribution in [3.8, 4) is 5.69 Å². The van der Waals surface area contributed by atoms with Crippen molar-refractivity contribution in [2.24, 2.45) is 0 Å². The molecule has 26 heavy (non-hydrogen) atoms. The van der Waals surface area contributed by atoms with Crippen LogP contribution < -0.4 is 10.6 Å². The molecule has 1 aromatic carbocycles. The van der Waals surface area contributed by atoms with E-state index in [0.717, 1.165) is 42.3 Å². The highest BCUT2D eigenvalue weighted by Gasteiger charge is 2.21. The maximum atomic E-state index is 12.6. The number of hydrogen-bond donors (Lipinski definition) is 2. The summed E-state index contributed by atoms with van der Waals surface area (Å²) in [6, 6.07) is 8.71. The molecule has 2 aromatic rings. The summed E-state index contributed by atoms with van der Waals surface area (Å²) in [5.41, 5.74) is 4.82. The fourth-order valence-electron chi connectivity index (χ4n) is 3.58. The number of carbonyl (C=O) groups is 1. The van der Waals surface area contributed by atoms with Crippen molar-refractivity contribution >= 4 is 11.6 Å². The monoisotopic (exact) mass is 355 g/mol. The second kappa shape index (κ2) is 8.01. The number of likely N-dealkylation sites (N-methyl/N-ethyl adjacent to an activating group) is 1. The predicted octanol–water partition coefficient (Wildman–Crippen LogP) is 2.42. The van der Waals surface area contributed by atoms with Gasteiger partial charge in [0.25, 0.3) is 0 Å². The fourth-order valence-corrected chi connectivity index (χ4v) is 3.58. The molecule has 1 amide bonds. The number of nitrogens with zero attached hydrogens (tertiary/aromatic N) is 3. The molecule has 1 aliphatic heterocycles. The predicted molar refractivity (Wildman–Crippen MR) is 105 cm³/mol. The number of benzene rings is 1. The van der Waals surface area contributed by atoms with Gasteiger partial charge in [0.2, 0.25) is 5.91 Å². The lowest BCUT2D eigenvalue weighted by Crippen LogP contribution is -2.46. The summed E-state index contributed by atoms with van der Waals surface area (Å²) in [7, 11) is 1.99. The summed E-state index contributed by atoms with van der Waals surface area (Å²) < 4.78 is 1.89. The fraction of sp³-hybridized carbons (Fsp3) is 0.500. The molecule has 0 radical (unpaired) electrons. The van der Waals surface area contributed by atoms with Gasteiger partial charge in [-0.2, -0.15) is 5.10 Å². The van der Waals surface area contributed by atoms with Crippen molar-refractivity contribution in [3.05, 3.63) is 41.2 Å². The topological polar surface area (TPSA) is 62.2 Å². The highest BCUT2D eigenvalue weighted by molar-refractivity contribution is 5.93. The van der Waals surface area contributed by atoms with Gasteiger partial charge in [-0.25, -0.2) is 4.68 Å². The molecule has 0 bridgehead atoms. The van der Waals surface area contributed by atoms with Gasteiger partial charge in [0.1, 0.15) is 0 Å². The van der Waals surface area contributed by atoms with E-state index in [1.807, 2.05) is 37.7 Å². The van der Waals surface area contributed by atoms with Gasteiger partial charge < -0.3 is 10.6 Å². The second-order valence-electron chi connectivity index (χ2n) is 7.20. The van der Waals surface area contributed by atoms with Gasteiger partial charge in [0.05, 0.1) is 29.3 Å². The Kier molecular flexibility index (Phi) is 5.74. The molecule has 6 nitrogen and oxygen atoms in total. The lowest BCUT2D eigenvalue weighted by Gasteiger charge is -2.31. The Morgan fingerprint density at radius 1 is 1.23 bits per heavy atom. The van der Waals surface area contributed by atoms with Crippen molar-refractivity contribution in [2.75, 3.05) is 32.0 Å². The summed E-state index contributed by atoms with van der Waals surface area (Å²) in [4.78, 5) is 14.8. The highest BCUT2D eigenvalue weighted by atomic mass is 16.2. The first-order valence-corrected chi connectivity index (χ1v) is 9.30. The molecule has 140 valence electrons. The third-order valence-corrected chi connectivity index (χ3v) is 5.12. The maximum absolute atomic E-state index is 12.6. The average molecular weight is 355 g/mol. The number of carbonyl (C=O) groups excluding carboxylic acids is 1. The molecule has 1 atom stereocenters. The molecule has 1 fully saturated rings. The van der Waals surface area contributed by atoms with Crippen LogP contribution in [0.15, 0.2) is 24.3 Å². The van der Waals surface area contributed by atoms with Crippen molar-refractivity contribution in [1.82, 2.24) is 20.0 Å². The van der Waals surface area contributed by atoms with E-state index in [4.69, 9.17) is 0 Å². The molecule has 2 N–H and O–H groups in total. The number of anilines is 1. The summed E-state index contributed by atoms with van der Waals surface area (Å²) in [6.07, 6.45) is 2.30. The Hall–Kier alpha value is -2.18. The van der Waals surface area contributed by atoms with E-state index in [0.29, 0.717) is 12.6 Å². The molecular formula is C20H29N5O. The van der Waals surface area contributed by atoms with Crippen LogP contribution in [0, 0.1) is 20.8 Å². The molecule has 1 aliphatic rings. The zero-order valence-electron chi connectivity index (χ0n) is 16.2. The number of likely N-dealkylation sites (tertiary alicyclic amines) is 1. The van der Waals surface area contributed by atoms with Gasteiger partial charge in [0.15, 0.2) is 0 Å². The first-order chi connectivity index (χ1) is 12.5. The Morgan fingerprint density at radius 3 is 2.65 bits per heavy atom. The summed E-state index contributed by atoms with van der Waals surface area (Å²) in [5, 5.41) is 11.0. The molecule has 1 saturated heterocycles. The summed E-state index contributed by atoms with van der Waals surface area (Å²) in [5.74, 6) is 0.0245. The summed E-state index contributed by atoms with van der Waals surface area (Å²) in [6.45, 7) is 8.32. The molecule has 3 rings (SSSR count). The van der Waals surface area contributed by atoms with Gasteiger partial charge in [-0.15, -0.1) is 0 Å². The molecule has 0 spiro atoms. The van der Waals surface area contributed by atoms with E-state index >= 15 is 0 Å². The Labute approximate surface area is 155 Å². The highest BCUT2D eigenvalue weighted by Crippen LogP contribution is 2.23. The minimum Gasteiger partial charge on any atom is -0.322 e. The maximum Gasteiger partial charge on any atom is 0.238 e. The van der Waals surface area contributed by atoms with Crippen LogP contribution in [0.25, 0.3) is 5.69 Å². The smallest absolute Gasteiger partial charge is 0.238 e. The Morgan fingerprint density at radius 2 is 1.96 bits per heavy atom. The van der Waals surface area contributed by atoms with Crippen molar-refractivity contribution in [1.29, 1.82) is 0 Å². The molecule has 0 aliphatic carbocycles. The largest absolute Gasteiger partial charge is 0.322 e. The third-order valence-electron chi connectivity index (χ3n) is 5.12. The van der Waals surface area contributed by atoms with Crippen molar-refractivity contribution in [2.45, 2.75) is 39.7 Å². The van der Waals surface area contributed by atoms with Crippen LogP contribution in [0.3, 0.4) is 0 Å². The molecule has 2 heterocycles. The van der Waals surface area contributed by atoms with E-state index in [1.165, 1.54) is 12.0 Å². The number of piperidine rings is 1. The van der Waals surface area contributed by atoms with Crippen LogP contribution in [-0.2, 0) is 4.79 Å². The zero-order valence-corrected chi connectivity index (χ0v) is 16.2. The first-order valence-electron chi connectivity index (χ1n) is 9.30. The van der Waals surface area contributed by atoms with Crippen molar-refractivity contribution in [3.63, 3.8) is 0 Å².